The lowest BCUT2D eigenvalue weighted by Gasteiger charge is -2.36. The Labute approximate surface area is 191 Å². The van der Waals surface area contributed by atoms with Crippen molar-refractivity contribution in [2.75, 3.05) is 0 Å². The van der Waals surface area contributed by atoms with E-state index in [1.807, 2.05) is 38.1 Å². The highest BCUT2D eigenvalue weighted by Gasteiger charge is 2.33. The molecule has 1 saturated carbocycles. The van der Waals surface area contributed by atoms with Gasteiger partial charge >= 0.3 is 0 Å². The van der Waals surface area contributed by atoms with Gasteiger partial charge in [0.05, 0.1) is 0 Å². The molecular weight excluding hydrogens is 380 g/mol. The lowest BCUT2D eigenvalue weighted by molar-refractivity contribution is 0.381. The molecule has 2 aromatic carbocycles. The van der Waals surface area contributed by atoms with Crippen LogP contribution < -0.4 is 0 Å². The van der Waals surface area contributed by atoms with Crippen LogP contribution in [0.2, 0.25) is 0 Å². The smallest absolute Gasteiger partial charge is 0.115 e. The predicted molar refractivity (Wildman–Crippen MR) is 135 cm³/mol. The van der Waals surface area contributed by atoms with Gasteiger partial charge in [0.25, 0.3) is 0 Å². The quantitative estimate of drug-likeness (QED) is 0.502. The van der Waals surface area contributed by atoms with Crippen LogP contribution in [0.1, 0.15) is 116 Å². The lowest BCUT2D eigenvalue weighted by atomic mass is 9.67. The zero-order valence-corrected chi connectivity index (χ0v) is 20.5. The van der Waals surface area contributed by atoms with E-state index in [4.69, 9.17) is 0 Å². The molecule has 0 unspecified atom stereocenters. The molecule has 2 N–H and O–H groups in total. The Kier molecular flexibility index (Phi) is 13.8. The minimum absolute atomic E-state index is 0.0272. The molecule has 0 saturated heterocycles. The van der Waals surface area contributed by atoms with Gasteiger partial charge in [0, 0.05) is 5.41 Å². The first-order valence-electron chi connectivity index (χ1n) is 12.7. The van der Waals surface area contributed by atoms with Crippen LogP contribution in [0.15, 0.2) is 48.5 Å². The van der Waals surface area contributed by atoms with Crippen LogP contribution in [0.5, 0.6) is 11.5 Å². The van der Waals surface area contributed by atoms with E-state index in [2.05, 4.69) is 38.1 Å². The van der Waals surface area contributed by atoms with Crippen molar-refractivity contribution in [3.05, 3.63) is 59.7 Å². The van der Waals surface area contributed by atoms with E-state index in [1.54, 1.807) is 0 Å². The SMILES string of the molecule is CC.CCC.Oc1ccc(C2(c3ccc(O)cc3)CCCCCCCCCCC2)cc1. The highest BCUT2D eigenvalue weighted by atomic mass is 16.3. The van der Waals surface area contributed by atoms with Gasteiger partial charge in [0.2, 0.25) is 0 Å². The highest BCUT2D eigenvalue weighted by molar-refractivity contribution is 5.43. The fourth-order valence-corrected chi connectivity index (χ4v) is 4.52. The van der Waals surface area contributed by atoms with Gasteiger partial charge in [-0.3, -0.25) is 0 Å². The topological polar surface area (TPSA) is 40.5 Å². The third-order valence-corrected chi connectivity index (χ3v) is 6.05. The number of aromatic hydroxyl groups is 2. The van der Waals surface area contributed by atoms with Crippen molar-refractivity contribution in [3.63, 3.8) is 0 Å². The standard InChI is InChI=1S/C24H32O2.C3H8.C2H6/c25-22-14-10-20(11-15-22)24(21-12-16-23(26)17-13-21)18-8-6-4-2-1-3-5-7-9-19-24;1-3-2;1-2/h10-17,25-26H,1-9,18-19H2;3H2,1-2H3;1-2H3. The van der Waals surface area contributed by atoms with Gasteiger partial charge in [-0.15, -0.1) is 0 Å². The number of hydrogen-bond acceptors (Lipinski definition) is 2. The maximum atomic E-state index is 9.76. The van der Waals surface area contributed by atoms with E-state index in [9.17, 15) is 10.2 Å². The molecule has 0 spiro atoms. The van der Waals surface area contributed by atoms with Crippen molar-refractivity contribution in [1.29, 1.82) is 0 Å². The Morgan fingerprint density at radius 1 is 0.548 bits per heavy atom. The van der Waals surface area contributed by atoms with Crippen LogP contribution in [0.4, 0.5) is 0 Å². The Morgan fingerprint density at radius 2 is 0.806 bits per heavy atom. The fourth-order valence-electron chi connectivity index (χ4n) is 4.52. The van der Waals surface area contributed by atoms with E-state index in [1.165, 1.54) is 75.3 Å². The monoisotopic (exact) mass is 426 g/mol. The molecule has 2 aromatic rings. The van der Waals surface area contributed by atoms with E-state index < -0.39 is 0 Å². The lowest BCUT2D eigenvalue weighted by Crippen LogP contribution is -2.28. The minimum Gasteiger partial charge on any atom is -0.508 e. The summed E-state index contributed by atoms with van der Waals surface area (Å²) in [5.74, 6) is 0.644. The minimum atomic E-state index is -0.0272. The first-order valence-corrected chi connectivity index (χ1v) is 12.7. The summed E-state index contributed by atoms with van der Waals surface area (Å²) in [6.07, 6.45) is 15.3. The van der Waals surface area contributed by atoms with E-state index in [0.29, 0.717) is 11.5 Å². The Balaban J connectivity index is 0.000000884. The molecular formula is C29H46O2. The summed E-state index contributed by atoms with van der Waals surface area (Å²) in [5.41, 5.74) is 2.55. The Morgan fingerprint density at radius 3 is 1.10 bits per heavy atom. The molecule has 0 aromatic heterocycles. The molecule has 0 heterocycles. The van der Waals surface area contributed by atoms with E-state index >= 15 is 0 Å². The maximum Gasteiger partial charge on any atom is 0.115 e. The van der Waals surface area contributed by atoms with Gasteiger partial charge in [-0.1, -0.05) is 116 Å². The van der Waals surface area contributed by atoms with Gasteiger partial charge in [-0.2, -0.15) is 0 Å². The molecule has 1 aliphatic rings. The maximum absolute atomic E-state index is 9.76. The molecule has 1 fully saturated rings. The summed E-state index contributed by atoms with van der Waals surface area (Å²) in [6, 6.07) is 15.6. The van der Waals surface area contributed by atoms with E-state index in [-0.39, 0.29) is 5.41 Å². The summed E-state index contributed by atoms with van der Waals surface area (Å²) >= 11 is 0. The molecule has 0 bridgehead atoms. The predicted octanol–water partition coefficient (Wildman–Crippen LogP) is 9.13. The van der Waals surface area contributed by atoms with Crippen LogP contribution in [-0.2, 0) is 5.41 Å². The molecule has 3 rings (SSSR count). The molecule has 0 aliphatic heterocycles. The largest absolute Gasteiger partial charge is 0.508 e. The third-order valence-electron chi connectivity index (χ3n) is 6.05. The van der Waals surface area contributed by atoms with Crippen LogP contribution >= 0.6 is 0 Å². The highest BCUT2D eigenvalue weighted by Crippen LogP contribution is 2.43. The number of phenolic OH excluding ortho intramolecular Hbond substituents is 2. The van der Waals surface area contributed by atoms with Crippen molar-refractivity contribution in [2.45, 2.75) is 110 Å². The zero-order valence-electron chi connectivity index (χ0n) is 20.5. The molecule has 2 heteroatoms. The molecule has 0 atom stereocenters. The molecule has 0 amide bonds. The molecule has 174 valence electrons. The van der Waals surface area contributed by atoms with Gasteiger partial charge in [0.15, 0.2) is 0 Å². The first-order chi connectivity index (χ1) is 15.1. The molecule has 1 aliphatic carbocycles. The van der Waals surface area contributed by atoms with Gasteiger partial charge < -0.3 is 10.2 Å². The summed E-state index contributed by atoms with van der Waals surface area (Å²) in [6.45, 7) is 8.25. The van der Waals surface area contributed by atoms with Crippen LogP contribution in [0, 0.1) is 0 Å². The Bertz CT molecular complexity index is 613. The third kappa shape index (κ3) is 8.97. The van der Waals surface area contributed by atoms with Crippen LogP contribution in [0.3, 0.4) is 0 Å². The van der Waals surface area contributed by atoms with Crippen molar-refractivity contribution in [3.8, 4) is 11.5 Å². The fraction of sp³-hybridized carbons (Fsp3) is 0.586. The summed E-state index contributed by atoms with van der Waals surface area (Å²) in [7, 11) is 0. The van der Waals surface area contributed by atoms with E-state index in [0.717, 1.165) is 12.8 Å². The van der Waals surface area contributed by atoms with Crippen molar-refractivity contribution < 1.29 is 10.2 Å². The second-order valence-electron chi connectivity index (χ2n) is 8.56. The number of rotatable bonds is 2. The van der Waals surface area contributed by atoms with Gasteiger partial charge in [-0.05, 0) is 48.2 Å². The van der Waals surface area contributed by atoms with Gasteiger partial charge in [0.1, 0.15) is 11.5 Å². The van der Waals surface area contributed by atoms with Crippen molar-refractivity contribution in [2.24, 2.45) is 0 Å². The zero-order chi connectivity index (χ0) is 23.0. The Hall–Kier alpha value is -1.96. The first kappa shape index (κ1) is 27.1. The second-order valence-corrected chi connectivity index (χ2v) is 8.56. The van der Waals surface area contributed by atoms with Crippen LogP contribution in [0.25, 0.3) is 0 Å². The van der Waals surface area contributed by atoms with Crippen molar-refractivity contribution in [1.82, 2.24) is 0 Å². The summed E-state index contributed by atoms with van der Waals surface area (Å²) in [4.78, 5) is 0. The molecule has 2 nitrogen and oxygen atoms in total. The van der Waals surface area contributed by atoms with Crippen LogP contribution in [-0.4, -0.2) is 10.2 Å². The number of phenols is 2. The average molecular weight is 427 g/mol. The summed E-state index contributed by atoms with van der Waals surface area (Å²) in [5, 5.41) is 19.5. The second kappa shape index (κ2) is 15.8. The average Bonchev–Trinajstić information content (AvgIpc) is 2.78. The molecule has 0 radical (unpaired) electrons. The van der Waals surface area contributed by atoms with Crippen molar-refractivity contribution >= 4 is 0 Å². The number of hydrogen-bond donors (Lipinski definition) is 2. The number of benzene rings is 2. The van der Waals surface area contributed by atoms with Gasteiger partial charge in [-0.25, -0.2) is 0 Å². The normalized spacial score (nSPS) is 16.9. The summed E-state index contributed by atoms with van der Waals surface area (Å²) < 4.78 is 0. The molecule has 31 heavy (non-hydrogen) atoms.